The average Bonchev–Trinajstić information content (AvgIpc) is 3.10. The molecule has 2 aromatic rings. The molecule has 0 spiro atoms. The lowest BCUT2D eigenvalue weighted by molar-refractivity contribution is 0.356. The van der Waals surface area contributed by atoms with Gasteiger partial charge in [-0.25, -0.2) is 4.98 Å². The van der Waals surface area contributed by atoms with Gasteiger partial charge in [0.15, 0.2) is 5.82 Å². The van der Waals surface area contributed by atoms with E-state index >= 15 is 0 Å². The van der Waals surface area contributed by atoms with Crippen molar-refractivity contribution in [2.75, 3.05) is 18.0 Å². The number of aryl methyl sites for hydroxylation is 1. The Hall–Kier alpha value is -2.13. The van der Waals surface area contributed by atoms with Crippen LogP contribution in [0.1, 0.15) is 35.2 Å². The second-order valence-corrected chi connectivity index (χ2v) is 5.56. The van der Waals surface area contributed by atoms with Crippen LogP contribution < -0.4 is 4.90 Å². The number of pyridine rings is 1. The fraction of sp³-hybridized carbons (Fsp3) is 0.429. The molecule has 1 fully saturated rings. The highest BCUT2D eigenvalue weighted by molar-refractivity contribution is 6.31. The first kappa shape index (κ1) is 13.8. The molecule has 108 valence electrons. The zero-order valence-corrected chi connectivity index (χ0v) is 12.6. The van der Waals surface area contributed by atoms with Gasteiger partial charge in [0.25, 0.3) is 0 Å². The maximum atomic E-state index is 9.35. The van der Waals surface area contributed by atoms with Gasteiger partial charge in [0.2, 0.25) is 5.89 Å². The van der Waals surface area contributed by atoms with Crippen molar-refractivity contribution in [1.29, 1.82) is 5.26 Å². The molecule has 0 N–H and O–H groups in total. The Morgan fingerprint density at radius 3 is 2.95 bits per heavy atom. The van der Waals surface area contributed by atoms with Crippen molar-refractivity contribution >= 4 is 17.4 Å². The Morgan fingerprint density at radius 1 is 1.48 bits per heavy atom. The van der Waals surface area contributed by atoms with E-state index < -0.39 is 0 Å². The Bertz CT molecular complexity index is 721. The molecule has 7 heteroatoms. The van der Waals surface area contributed by atoms with Gasteiger partial charge in [-0.1, -0.05) is 16.8 Å². The minimum absolute atomic E-state index is 0.176. The van der Waals surface area contributed by atoms with E-state index in [1.807, 2.05) is 6.92 Å². The summed E-state index contributed by atoms with van der Waals surface area (Å²) < 4.78 is 5.24. The number of halogens is 1. The van der Waals surface area contributed by atoms with Crippen LogP contribution in [0.25, 0.3) is 0 Å². The predicted molar refractivity (Wildman–Crippen MR) is 77.3 cm³/mol. The first-order chi connectivity index (χ1) is 10.1. The van der Waals surface area contributed by atoms with E-state index in [9.17, 15) is 5.26 Å². The summed E-state index contributed by atoms with van der Waals surface area (Å²) in [5, 5.41) is 13.7. The van der Waals surface area contributed by atoms with Crippen LogP contribution in [0.3, 0.4) is 0 Å². The second-order valence-electron chi connectivity index (χ2n) is 5.15. The normalized spacial score (nSPS) is 18.0. The summed E-state index contributed by atoms with van der Waals surface area (Å²) in [7, 11) is 0. The lowest BCUT2D eigenvalue weighted by Gasteiger charge is -2.19. The first-order valence-electron chi connectivity index (χ1n) is 6.70. The van der Waals surface area contributed by atoms with E-state index in [0.717, 1.165) is 18.5 Å². The monoisotopic (exact) mass is 303 g/mol. The van der Waals surface area contributed by atoms with E-state index in [4.69, 9.17) is 16.1 Å². The molecule has 0 aromatic carbocycles. The standard InChI is InChI=1S/C14H14ClN5O/c1-8-11(5-16)13(17-6-12(8)15)20-4-3-10(7-20)14-18-9(2)19-21-14/h6,10H,3-4,7H2,1-2H3/t10-/m1/s1. The summed E-state index contributed by atoms with van der Waals surface area (Å²) in [5.41, 5.74) is 1.30. The largest absolute Gasteiger partial charge is 0.355 e. The van der Waals surface area contributed by atoms with Gasteiger partial charge in [-0.3, -0.25) is 0 Å². The fourth-order valence-corrected chi connectivity index (χ4v) is 2.72. The van der Waals surface area contributed by atoms with Crippen molar-refractivity contribution in [3.8, 4) is 6.07 Å². The van der Waals surface area contributed by atoms with Gasteiger partial charge in [0.05, 0.1) is 16.5 Å². The summed E-state index contributed by atoms with van der Waals surface area (Å²) in [4.78, 5) is 10.7. The Balaban J connectivity index is 1.87. The zero-order valence-electron chi connectivity index (χ0n) is 11.8. The summed E-state index contributed by atoms with van der Waals surface area (Å²) in [6, 6.07) is 2.20. The molecule has 3 rings (SSSR count). The number of aromatic nitrogens is 3. The number of nitrogens with zero attached hydrogens (tertiary/aromatic N) is 5. The summed E-state index contributed by atoms with van der Waals surface area (Å²) in [6.45, 7) is 5.15. The lowest BCUT2D eigenvalue weighted by atomic mass is 10.1. The highest BCUT2D eigenvalue weighted by atomic mass is 35.5. The Labute approximate surface area is 127 Å². The van der Waals surface area contributed by atoms with E-state index in [-0.39, 0.29) is 5.92 Å². The van der Waals surface area contributed by atoms with E-state index in [1.165, 1.54) is 0 Å². The first-order valence-corrected chi connectivity index (χ1v) is 7.08. The van der Waals surface area contributed by atoms with Crippen LogP contribution in [0.15, 0.2) is 10.7 Å². The van der Waals surface area contributed by atoms with Gasteiger partial charge >= 0.3 is 0 Å². The zero-order chi connectivity index (χ0) is 15.0. The highest BCUT2D eigenvalue weighted by Crippen LogP contribution is 2.32. The fourth-order valence-electron chi connectivity index (χ4n) is 2.57. The smallest absolute Gasteiger partial charge is 0.231 e. The molecule has 2 aromatic heterocycles. The molecule has 0 radical (unpaired) electrons. The lowest BCUT2D eigenvalue weighted by Crippen LogP contribution is -2.22. The SMILES string of the molecule is Cc1noc([C@@H]2CCN(c3ncc(Cl)c(C)c3C#N)C2)n1. The molecule has 6 nitrogen and oxygen atoms in total. The molecular weight excluding hydrogens is 290 g/mol. The van der Waals surface area contributed by atoms with Crippen LogP contribution in [0.2, 0.25) is 5.02 Å². The highest BCUT2D eigenvalue weighted by Gasteiger charge is 2.30. The van der Waals surface area contributed by atoms with Gasteiger partial charge in [-0.05, 0) is 25.8 Å². The van der Waals surface area contributed by atoms with Gasteiger partial charge in [0, 0.05) is 19.3 Å². The predicted octanol–water partition coefficient (Wildman–Crippen LogP) is 2.60. The van der Waals surface area contributed by atoms with Crippen LogP contribution in [0, 0.1) is 25.2 Å². The third-order valence-electron chi connectivity index (χ3n) is 3.75. The Kier molecular flexibility index (Phi) is 3.52. The minimum atomic E-state index is 0.176. The van der Waals surface area contributed by atoms with Crippen LogP contribution in [0.5, 0.6) is 0 Å². The molecule has 1 aliphatic heterocycles. The van der Waals surface area contributed by atoms with Crippen LogP contribution >= 0.6 is 11.6 Å². The minimum Gasteiger partial charge on any atom is -0.355 e. The van der Waals surface area contributed by atoms with Crippen LogP contribution in [-0.4, -0.2) is 28.2 Å². The third kappa shape index (κ3) is 2.45. The number of hydrogen-bond donors (Lipinski definition) is 0. The molecule has 3 heterocycles. The van der Waals surface area contributed by atoms with Crippen molar-refractivity contribution in [3.63, 3.8) is 0 Å². The molecule has 1 saturated heterocycles. The number of rotatable bonds is 2. The second kappa shape index (κ2) is 5.34. The average molecular weight is 304 g/mol. The van der Waals surface area contributed by atoms with E-state index in [2.05, 4.69) is 26.1 Å². The third-order valence-corrected chi connectivity index (χ3v) is 4.13. The summed E-state index contributed by atoms with van der Waals surface area (Å²) in [6.07, 6.45) is 2.49. The van der Waals surface area contributed by atoms with Gasteiger partial charge in [0.1, 0.15) is 11.9 Å². The van der Waals surface area contributed by atoms with Crippen molar-refractivity contribution in [2.45, 2.75) is 26.2 Å². The Morgan fingerprint density at radius 2 is 2.29 bits per heavy atom. The van der Waals surface area contributed by atoms with Crippen molar-refractivity contribution < 1.29 is 4.52 Å². The maximum absolute atomic E-state index is 9.35. The quantitative estimate of drug-likeness (QED) is 0.848. The van der Waals surface area contributed by atoms with Crippen LogP contribution in [-0.2, 0) is 0 Å². The van der Waals surface area contributed by atoms with Gasteiger partial charge in [-0.2, -0.15) is 10.2 Å². The molecular formula is C14H14ClN5O. The van der Waals surface area contributed by atoms with Gasteiger partial charge in [-0.15, -0.1) is 0 Å². The summed E-state index contributed by atoms with van der Waals surface area (Å²) >= 11 is 6.03. The summed E-state index contributed by atoms with van der Waals surface area (Å²) in [5.74, 6) is 2.15. The van der Waals surface area contributed by atoms with Crippen molar-refractivity contribution in [2.24, 2.45) is 0 Å². The van der Waals surface area contributed by atoms with Crippen molar-refractivity contribution in [1.82, 2.24) is 15.1 Å². The number of nitriles is 1. The molecule has 0 saturated carbocycles. The van der Waals surface area contributed by atoms with Gasteiger partial charge < -0.3 is 9.42 Å². The molecule has 0 bridgehead atoms. The van der Waals surface area contributed by atoms with Crippen LogP contribution in [0.4, 0.5) is 5.82 Å². The number of anilines is 1. The van der Waals surface area contributed by atoms with Crippen molar-refractivity contribution in [3.05, 3.63) is 34.1 Å². The maximum Gasteiger partial charge on any atom is 0.231 e. The topological polar surface area (TPSA) is 78.8 Å². The molecule has 0 aliphatic carbocycles. The molecule has 0 unspecified atom stereocenters. The van der Waals surface area contributed by atoms with E-state index in [0.29, 0.717) is 34.7 Å². The number of hydrogen-bond acceptors (Lipinski definition) is 6. The van der Waals surface area contributed by atoms with E-state index in [1.54, 1.807) is 13.1 Å². The molecule has 1 aliphatic rings. The molecule has 0 amide bonds. The molecule has 21 heavy (non-hydrogen) atoms. The molecule has 1 atom stereocenters.